The standard InChI is InChI=1S/C10H14N4O2.ClH/c15-6-7-3-12-4-8(7)14-10(16)9-5-11-1-2-13-9;/h1-2,5,7-8,12,15H,3-4,6H2,(H,14,16);1H. The van der Waals surface area contributed by atoms with Gasteiger partial charge in [0.2, 0.25) is 0 Å². The highest BCUT2D eigenvalue weighted by atomic mass is 35.5. The van der Waals surface area contributed by atoms with Gasteiger partial charge in [0, 0.05) is 44.0 Å². The second-order valence-electron chi connectivity index (χ2n) is 3.77. The number of halogens is 1. The molecular weight excluding hydrogens is 244 g/mol. The summed E-state index contributed by atoms with van der Waals surface area (Å²) >= 11 is 0. The Morgan fingerprint density at radius 3 is 3.00 bits per heavy atom. The summed E-state index contributed by atoms with van der Waals surface area (Å²) in [5.41, 5.74) is 0.297. The number of aromatic nitrogens is 2. The maximum Gasteiger partial charge on any atom is 0.271 e. The lowest BCUT2D eigenvalue weighted by Crippen LogP contribution is -2.41. The molecule has 1 aromatic heterocycles. The molecule has 2 atom stereocenters. The number of aliphatic hydroxyl groups excluding tert-OH is 1. The predicted octanol–water partition coefficient (Wildman–Crippen LogP) is -0.792. The molecular formula is C10H15ClN4O2. The second kappa shape index (κ2) is 6.48. The molecule has 1 amide bonds. The zero-order valence-electron chi connectivity index (χ0n) is 9.17. The van der Waals surface area contributed by atoms with E-state index in [0.29, 0.717) is 12.2 Å². The minimum absolute atomic E-state index is 0. The van der Waals surface area contributed by atoms with Crippen LogP contribution in [-0.2, 0) is 0 Å². The third-order valence-electron chi connectivity index (χ3n) is 2.69. The molecule has 0 spiro atoms. The fourth-order valence-corrected chi connectivity index (χ4v) is 1.75. The molecule has 1 aromatic rings. The molecule has 1 aliphatic rings. The van der Waals surface area contributed by atoms with E-state index in [0.717, 1.165) is 6.54 Å². The maximum absolute atomic E-state index is 11.7. The van der Waals surface area contributed by atoms with Crippen LogP contribution in [0.25, 0.3) is 0 Å². The van der Waals surface area contributed by atoms with E-state index in [-0.39, 0.29) is 36.9 Å². The van der Waals surface area contributed by atoms with E-state index in [9.17, 15) is 4.79 Å². The Morgan fingerprint density at radius 1 is 1.53 bits per heavy atom. The molecule has 1 saturated heterocycles. The van der Waals surface area contributed by atoms with Crippen LogP contribution < -0.4 is 10.6 Å². The quantitative estimate of drug-likeness (QED) is 0.661. The van der Waals surface area contributed by atoms with Crippen LogP contribution in [0.4, 0.5) is 0 Å². The van der Waals surface area contributed by atoms with Crippen molar-refractivity contribution in [2.75, 3.05) is 19.7 Å². The van der Waals surface area contributed by atoms with Gasteiger partial charge in [-0.1, -0.05) is 0 Å². The van der Waals surface area contributed by atoms with Gasteiger partial charge in [-0.2, -0.15) is 0 Å². The molecule has 17 heavy (non-hydrogen) atoms. The molecule has 1 fully saturated rings. The number of nitrogens with zero attached hydrogens (tertiary/aromatic N) is 2. The van der Waals surface area contributed by atoms with Crippen molar-refractivity contribution in [1.82, 2.24) is 20.6 Å². The number of carbonyl (C=O) groups is 1. The molecule has 2 unspecified atom stereocenters. The van der Waals surface area contributed by atoms with Crippen LogP contribution in [0.5, 0.6) is 0 Å². The van der Waals surface area contributed by atoms with Crippen molar-refractivity contribution < 1.29 is 9.90 Å². The van der Waals surface area contributed by atoms with Crippen LogP contribution in [0.1, 0.15) is 10.5 Å². The minimum Gasteiger partial charge on any atom is -0.396 e. The molecule has 3 N–H and O–H groups in total. The van der Waals surface area contributed by atoms with E-state index in [4.69, 9.17) is 5.11 Å². The number of rotatable bonds is 3. The van der Waals surface area contributed by atoms with Crippen molar-refractivity contribution in [2.24, 2.45) is 5.92 Å². The van der Waals surface area contributed by atoms with Crippen molar-refractivity contribution in [2.45, 2.75) is 6.04 Å². The van der Waals surface area contributed by atoms with E-state index in [2.05, 4.69) is 20.6 Å². The summed E-state index contributed by atoms with van der Waals surface area (Å²) in [4.78, 5) is 19.5. The first kappa shape index (κ1) is 13.8. The summed E-state index contributed by atoms with van der Waals surface area (Å²) in [6, 6.07) is -0.0421. The van der Waals surface area contributed by atoms with Crippen LogP contribution in [-0.4, -0.2) is 46.7 Å². The Labute approximate surface area is 105 Å². The number of hydrogen-bond acceptors (Lipinski definition) is 5. The highest BCUT2D eigenvalue weighted by Crippen LogP contribution is 2.08. The van der Waals surface area contributed by atoms with Crippen molar-refractivity contribution in [1.29, 1.82) is 0 Å². The Morgan fingerprint density at radius 2 is 2.35 bits per heavy atom. The van der Waals surface area contributed by atoms with Gasteiger partial charge in [0.15, 0.2) is 0 Å². The first-order valence-electron chi connectivity index (χ1n) is 5.19. The van der Waals surface area contributed by atoms with Crippen LogP contribution in [0.2, 0.25) is 0 Å². The smallest absolute Gasteiger partial charge is 0.271 e. The fourth-order valence-electron chi connectivity index (χ4n) is 1.75. The van der Waals surface area contributed by atoms with Gasteiger partial charge in [0.1, 0.15) is 5.69 Å². The molecule has 94 valence electrons. The molecule has 0 aromatic carbocycles. The molecule has 0 radical (unpaired) electrons. The highest BCUT2D eigenvalue weighted by molar-refractivity contribution is 5.92. The molecule has 7 heteroatoms. The molecule has 2 rings (SSSR count). The predicted molar refractivity (Wildman–Crippen MR) is 64.0 cm³/mol. The van der Waals surface area contributed by atoms with Gasteiger partial charge in [-0.15, -0.1) is 12.4 Å². The Kier molecular flexibility index (Phi) is 5.27. The fraction of sp³-hybridized carbons (Fsp3) is 0.500. The maximum atomic E-state index is 11.7. The summed E-state index contributed by atoms with van der Waals surface area (Å²) < 4.78 is 0. The van der Waals surface area contributed by atoms with Gasteiger partial charge in [-0.25, -0.2) is 4.98 Å². The molecule has 0 saturated carbocycles. The van der Waals surface area contributed by atoms with Crippen LogP contribution >= 0.6 is 12.4 Å². The minimum atomic E-state index is -0.250. The van der Waals surface area contributed by atoms with Crippen LogP contribution in [0.3, 0.4) is 0 Å². The largest absolute Gasteiger partial charge is 0.396 e. The second-order valence-corrected chi connectivity index (χ2v) is 3.77. The SMILES string of the molecule is Cl.O=C(NC1CNCC1CO)c1cnccn1. The van der Waals surface area contributed by atoms with Gasteiger partial charge in [0.25, 0.3) is 5.91 Å². The lowest BCUT2D eigenvalue weighted by Gasteiger charge is -2.17. The normalized spacial score (nSPS) is 22.9. The van der Waals surface area contributed by atoms with Gasteiger partial charge in [-0.3, -0.25) is 9.78 Å². The number of carbonyl (C=O) groups excluding carboxylic acids is 1. The third-order valence-corrected chi connectivity index (χ3v) is 2.69. The topological polar surface area (TPSA) is 87.1 Å². The van der Waals surface area contributed by atoms with Crippen molar-refractivity contribution >= 4 is 18.3 Å². The first-order valence-corrected chi connectivity index (χ1v) is 5.19. The summed E-state index contributed by atoms with van der Waals surface area (Å²) in [6.07, 6.45) is 4.42. The zero-order chi connectivity index (χ0) is 11.4. The van der Waals surface area contributed by atoms with Gasteiger partial charge < -0.3 is 15.7 Å². The molecule has 2 heterocycles. The zero-order valence-corrected chi connectivity index (χ0v) is 9.98. The summed E-state index contributed by atoms with van der Waals surface area (Å²) in [7, 11) is 0. The van der Waals surface area contributed by atoms with E-state index >= 15 is 0 Å². The Hall–Kier alpha value is -1.24. The van der Waals surface area contributed by atoms with Crippen LogP contribution in [0.15, 0.2) is 18.6 Å². The van der Waals surface area contributed by atoms with Crippen LogP contribution in [0, 0.1) is 5.92 Å². The summed E-state index contributed by atoms with van der Waals surface area (Å²) in [5, 5.41) is 15.1. The number of aliphatic hydroxyl groups is 1. The van der Waals surface area contributed by atoms with Gasteiger partial charge in [-0.05, 0) is 0 Å². The third kappa shape index (κ3) is 3.36. The van der Waals surface area contributed by atoms with Crippen molar-refractivity contribution in [3.05, 3.63) is 24.3 Å². The Bertz CT molecular complexity index is 363. The number of hydrogen-bond donors (Lipinski definition) is 3. The first-order chi connectivity index (χ1) is 7.81. The average Bonchev–Trinajstić information content (AvgIpc) is 2.77. The van der Waals surface area contributed by atoms with E-state index in [1.807, 2.05) is 0 Å². The lowest BCUT2D eigenvalue weighted by molar-refractivity contribution is 0.0916. The molecule has 6 nitrogen and oxygen atoms in total. The molecule has 0 aliphatic carbocycles. The summed E-state index contributed by atoms with van der Waals surface area (Å²) in [5.74, 6) is -0.180. The number of nitrogens with one attached hydrogen (secondary N) is 2. The summed E-state index contributed by atoms with van der Waals surface area (Å²) in [6.45, 7) is 1.47. The van der Waals surface area contributed by atoms with E-state index < -0.39 is 0 Å². The molecule has 1 aliphatic heterocycles. The monoisotopic (exact) mass is 258 g/mol. The number of amides is 1. The van der Waals surface area contributed by atoms with E-state index in [1.54, 1.807) is 0 Å². The van der Waals surface area contributed by atoms with Crippen molar-refractivity contribution in [3.8, 4) is 0 Å². The highest BCUT2D eigenvalue weighted by Gasteiger charge is 2.28. The van der Waals surface area contributed by atoms with E-state index in [1.165, 1.54) is 18.6 Å². The average molecular weight is 259 g/mol. The Balaban J connectivity index is 0.00000144. The van der Waals surface area contributed by atoms with Gasteiger partial charge in [0.05, 0.1) is 6.20 Å². The molecule has 0 bridgehead atoms. The van der Waals surface area contributed by atoms with Crippen molar-refractivity contribution in [3.63, 3.8) is 0 Å². The van der Waals surface area contributed by atoms with Gasteiger partial charge >= 0.3 is 0 Å². The lowest BCUT2D eigenvalue weighted by atomic mass is 10.1.